The summed E-state index contributed by atoms with van der Waals surface area (Å²) in [4.78, 5) is 29.2. The van der Waals surface area contributed by atoms with Gasteiger partial charge in [-0.3, -0.25) is 9.59 Å². The van der Waals surface area contributed by atoms with Crippen LogP contribution >= 0.6 is 0 Å². The van der Waals surface area contributed by atoms with Gasteiger partial charge in [0, 0.05) is 37.1 Å². The lowest BCUT2D eigenvalue weighted by atomic mass is 9.54. The number of likely N-dealkylation sites (N-methyl/N-ethyl adjacent to an activating group) is 2. The predicted octanol–water partition coefficient (Wildman–Crippen LogP) is 2.48. The topological polar surface area (TPSA) is 40.6 Å². The lowest BCUT2D eigenvalue weighted by Crippen LogP contribution is -2.70. The molecule has 4 unspecified atom stereocenters. The van der Waals surface area contributed by atoms with Crippen molar-refractivity contribution in [1.29, 1.82) is 0 Å². The summed E-state index contributed by atoms with van der Waals surface area (Å²) in [5, 5.41) is 0. The summed E-state index contributed by atoms with van der Waals surface area (Å²) in [6.45, 7) is 0. The zero-order chi connectivity index (χ0) is 16.6. The van der Waals surface area contributed by atoms with Gasteiger partial charge in [-0.05, 0) is 23.3 Å². The lowest BCUT2D eigenvalue weighted by molar-refractivity contribution is -0.0114. The van der Waals surface area contributed by atoms with Gasteiger partial charge in [0.25, 0.3) is 11.8 Å². The molecule has 0 N–H and O–H groups in total. The van der Waals surface area contributed by atoms with Crippen molar-refractivity contribution in [3.63, 3.8) is 0 Å². The van der Waals surface area contributed by atoms with E-state index in [9.17, 15) is 9.59 Å². The molecule has 2 aromatic carbocycles. The van der Waals surface area contributed by atoms with Gasteiger partial charge in [-0.1, -0.05) is 36.4 Å². The number of hydrogen-bond acceptors (Lipinski definition) is 2. The molecule has 0 radical (unpaired) electrons. The van der Waals surface area contributed by atoms with Crippen LogP contribution in [0.5, 0.6) is 0 Å². The van der Waals surface area contributed by atoms with E-state index in [0.29, 0.717) is 0 Å². The fourth-order valence-corrected chi connectivity index (χ4v) is 5.01. The van der Waals surface area contributed by atoms with Gasteiger partial charge in [0.2, 0.25) is 0 Å². The van der Waals surface area contributed by atoms with Crippen LogP contribution in [-0.4, -0.2) is 47.8 Å². The van der Waals surface area contributed by atoms with E-state index in [4.69, 9.17) is 0 Å². The number of amides is 2. The third kappa shape index (κ3) is 1.44. The SMILES string of the molecule is CN1C(=O)c2ccccc2C2C3c4ccccc4C(=O)N(C)C3C21. The molecule has 4 heteroatoms. The largest absolute Gasteiger partial charge is 0.336 e. The summed E-state index contributed by atoms with van der Waals surface area (Å²) in [6.07, 6.45) is 0. The average Bonchev–Trinajstić information content (AvgIpc) is 2.58. The number of fused-ring (bicyclic) bond motifs is 8. The molecule has 24 heavy (non-hydrogen) atoms. The molecular formula is C20H18N2O2. The molecule has 2 heterocycles. The number of rotatable bonds is 0. The first-order chi connectivity index (χ1) is 11.6. The number of hydrogen-bond donors (Lipinski definition) is 0. The van der Waals surface area contributed by atoms with Gasteiger partial charge in [-0.15, -0.1) is 0 Å². The first kappa shape index (κ1) is 13.8. The summed E-state index contributed by atoms with van der Waals surface area (Å²) in [7, 11) is 3.73. The fourth-order valence-electron chi connectivity index (χ4n) is 5.01. The van der Waals surface area contributed by atoms with Crippen molar-refractivity contribution in [2.24, 2.45) is 0 Å². The highest BCUT2D eigenvalue weighted by Crippen LogP contribution is 2.58. The number of benzene rings is 2. The number of carbonyl (C=O) groups excluding carboxylic acids is 2. The Morgan fingerprint density at radius 3 is 1.46 bits per heavy atom. The van der Waals surface area contributed by atoms with Gasteiger partial charge in [0.05, 0.1) is 12.1 Å². The highest BCUT2D eigenvalue weighted by Gasteiger charge is 2.61. The van der Waals surface area contributed by atoms with Crippen molar-refractivity contribution in [3.8, 4) is 0 Å². The molecule has 120 valence electrons. The molecule has 0 saturated heterocycles. The molecule has 4 atom stereocenters. The lowest BCUT2D eigenvalue weighted by Gasteiger charge is -2.62. The maximum atomic E-state index is 12.7. The highest BCUT2D eigenvalue weighted by atomic mass is 16.2. The summed E-state index contributed by atoms with van der Waals surface area (Å²) in [5.74, 6) is 0.631. The molecule has 5 rings (SSSR count). The third-order valence-electron chi connectivity index (χ3n) is 6.11. The second-order valence-electron chi connectivity index (χ2n) is 7.04. The van der Waals surface area contributed by atoms with E-state index in [1.165, 1.54) is 0 Å². The first-order valence-electron chi connectivity index (χ1n) is 8.33. The highest BCUT2D eigenvalue weighted by molar-refractivity contribution is 6.00. The second kappa shape index (κ2) is 4.47. The van der Waals surface area contributed by atoms with E-state index in [1.54, 1.807) is 0 Å². The monoisotopic (exact) mass is 318 g/mol. The molecule has 2 amide bonds. The molecule has 0 spiro atoms. The molecule has 1 saturated carbocycles. The van der Waals surface area contributed by atoms with Crippen LogP contribution in [-0.2, 0) is 0 Å². The van der Waals surface area contributed by atoms with Crippen LogP contribution in [0.15, 0.2) is 48.5 Å². The van der Waals surface area contributed by atoms with Gasteiger partial charge in [-0.25, -0.2) is 0 Å². The molecule has 1 fully saturated rings. The van der Waals surface area contributed by atoms with Crippen molar-refractivity contribution in [2.75, 3.05) is 14.1 Å². The van der Waals surface area contributed by atoms with Crippen LogP contribution < -0.4 is 0 Å². The Labute approximate surface area is 140 Å². The summed E-state index contributed by atoms with van der Waals surface area (Å²) in [5.41, 5.74) is 3.86. The minimum atomic E-state index is 0.0553. The molecule has 0 aromatic heterocycles. The Kier molecular flexibility index (Phi) is 2.57. The Balaban J connectivity index is 1.73. The van der Waals surface area contributed by atoms with Crippen molar-refractivity contribution < 1.29 is 9.59 Å². The molecular weight excluding hydrogens is 300 g/mol. The Bertz CT molecular complexity index is 817. The van der Waals surface area contributed by atoms with Crippen LogP contribution in [0.2, 0.25) is 0 Å². The van der Waals surface area contributed by atoms with Crippen LogP contribution in [0.4, 0.5) is 0 Å². The van der Waals surface area contributed by atoms with E-state index in [1.807, 2.05) is 60.3 Å². The van der Waals surface area contributed by atoms with Gasteiger partial charge in [-0.2, -0.15) is 0 Å². The van der Waals surface area contributed by atoms with Gasteiger partial charge in [0.1, 0.15) is 0 Å². The van der Waals surface area contributed by atoms with Crippen molar-refractivity contribution in [1.82, 2.24) is 9.80 Å². The zero-order valence-corrected chi connectivity index (χ0v) is 13.6. The van der Waals surface area contributed by atoms with Gasteiger partial charge < -0.3 is 9.80 Å². The maximum absolute atomic E-state index is 12.7. The minimum absolute atomic E-state index is 0.0553. The smallest absolute Gasteiger partial charge is 0.254 e. The molecule has 4 nitrogen and oxygen atoms in total. The Hall–Kier alpha value is -2.62. The standard InChI is InChI=1S/C20H18N2O2/c1-21-17-15(11-7-3-5-9-13(11)19(21)23)16-12-8-4-6-10-14(12)20(24)22(2)18(16)17/h3-10,15-18H,1-2H3. The average molecular weight is 318 g/mol. The quantitative estimate of drug-likeness (QED) is 0.749. The molecule has 0 bridgehead atoms. The van der Waals surface area contributed by atoms with E-state index in [2.05, 4.69) is 12.1 Å². The zero-order valence-electron chi connectivity index (χ0n) is 13.6. The van der Waals surface area contributed by atoms with E-state index in [-0.39, 0.29) is 35.7 Å². The molecule has 1 aliphatic carbocycles. The first-order valence-corrected chi connectivity index (χ1v) is 8.33. The van der Waals surface area contributed by atoms with Crippen LogP contribution in [0.25, 0.3) is 0 Å². The fraction of sp³-hybridized carbons (Fsp3) is 0.300. The minimum Gasteiger partial charge on any atom is -0.336 e. The second-order valence-corrected chi connectivity index (χ2v) is 7.04. The van der Waals surface area contributed by atoms with Crippen LogP contribution in [0, 0.1) is 0 Å². The van der Waals surface area contributed by atoms with Gasteiger partial charge >= 0.3 is 0 Å². The molecule has 3 aliphatic rings. The van der Waals surface area contributed by atoms with E-state index >= 15 is 0 Å². The van der Waals surface area contributed by atoms with E-state index in [0.717, 1.165) is 22.3 Å². The Morgan fingerprint density at radius 2 is 1.04 bits per heavy atom. The van der Waals surface area contributed by atoms with Gasteiger partial charge in [0.15, 0.2) is 0 Å². The maximum Gasteiger partial charge on any atom is 0.254 e. The predicted molar refractivity (Wildman–Crippen MR) is 90.1 cm³/mol. The van der Waals surface area contributed by atoms with E-state index < -0.39 is 0 Å². The molecule has 2 aliphatic heterocycles. The van der Waals surface area contributed by atoms with Crippen molar-refractivity contribution >= 4 is 11.8 Å². The number of nitrogens with zero attached hydrogens (tertiary/aromatic N) is 2. The number of carbonyl (C=O) groups is 2. The van der Waals surface area contributed by atoms with Crippen molar-refractivity contribution in [2.45, 2.75) is 23.9 Å². The Morgan fingerprint density at radius 1 is 0.667 bits per heavy atom. The summed E-state index contributed by atoms with van der Waals surface area (Å²) < 4.78 is 0. The van der Waals surface area contributed by atoms with Crippen LogP contribution in [0.1, 0.15) is 43.7 Å². The van der Waals surface area contributed by atoms with Crippen LogP contribution in [0.3, 0.4) is 0 Å². The summed E-state index contributed by atoms with van der Waals surface area (Å²) in [6, 6.07) is 16.0. The molecule has 2 aromatic rings. The van der Waals surface area contributed by atoms with Crippen molar-refractivity contribution in [3.05, 3.63) is 70.8 Å². The summed E-state index contributed by atoms with van der Waals surface area (Å²) >= 11 is 0. The normalized spacial score (nSPS) is 30.1. The third-order valence-corrected chi connectivity index (χ3v) is 6.11.